The topological polar surface area (TPSA) is 94.4 Å². The Labute approximate surface area is 162 Å². The molecule has 0 spiro atoms. The lowest BCUT2D eigenvalue weighted by Crippen LogP contribution is -2.38. The maximum absolute atomic E-state index is 12.4. The molecule has 2 aromatic heterocycles. The molecule has 0 radical (unpaired) electrons. The van der Waals surface area contributed by atoms with Crippen LogP contribution in [-0.4, -0.2) is 30.2 Å². The predicted molar refractivity (Wildman–Crippen MR) is 108 cm³/mol. The van der Waals surface area contributed by atoms with Crippen LogP contribution in [0.25, 0.3) is 5.69 Å². The Balaban J connectivity index is 2.17. The molecular weight excluding hydrogens is 358 g/mol. The zero-order chi connectivity index (χ0) is 20.6. The third-order valence-corrected chi connectivity index (χ3v) is 4.45. The van der Waals surface area contributed by atoms with Crippen LogP contribution >= 0.6 is 0 Å². The minimum Gasteiger partial charge on any atom is -0.494 e. The molecule has 3 rings (SSSR count). The molecule has 0 saturated carbocycles. The van der Waals surface area contributed by atoms with Crippen molar-refractivity contribution in [3.05, 3.63) is 68.5 Å². The number of rotatable bonds is 3. The number of aromatic nitrogens is 4. The highest BCUT2D eigenvalue weighted by Gasteiger charge is 2.20. The zero-order valence-corrected chi connectivity index (χ0v) is 16.5. The fraction of sp³-hybridized carbons (Fsp3) is 0.300. The van der Waals surface area contributed by atoms with Crippen molar-refractivity contribution in [1.82, 2.24) is 18.9 Å². The molecule has 0 unspecified atom stereocenters. The number of para-hydroxylation sites is 1. The number of aromatic hydroxyl groups is 1. The second-order valence-electron chi connectivity index (χ2n) is 7.59. The monoisotopic (exact) mass is 381 g/mol. The van der Waals surface area contributed by atoms with Gasteiger partial charge in [0.05, 0.1) is 11.4 Å². The van der Waals surface area contributed by atoms with E-state index in [1.807, 2.05) is 57.2 Å². The average molecular weight is 381 g/mol. The molecule has 3 aromatic rings. The van der Waals surface area contributed by atoms with Crippen LogP contribution in [0.4, 0.5) is 5.82 Å². The van der Waals surface area contributed by atoms with Crippen molar-refractivity contribution in [3.63, 3.8) is 0 Å². The van der Waals surface area contributed by atoms with Gasteiger partial charge in [0.25, 0.3) is 5.56 Å². The molecule has 0 saturated heterocycles. The summed E-state index contributed by atoms with van der Waals surface area (Å²) in [7, 11) is 2.74. The van der Waals surface area contributed by atoms with Crippen molar-refractivity contribution in [1.29, 1.82) is 0 Å². The first-order valence-corrected chi connectivity index (χ1v) is 8.80. The number of nitrogens with zero attached hydrogens (tertiary/aromatic N) is 5. The molecule has 1 N–H and O–H groups in total. The fourth-order valence-corrected chi connectivity index (χ4v) is 2.69. The number of aliphatic imine (C=N–C) groups is 1. The molecule has 1 aromatic carbocycles. The van der Waals surface area contributed by atoms with E-state index in [1.165, 1.54) is 20.3 Å². The highest BCUT2D eigenvalue weighted by Crippen LogP contribution is 2.27. The van der Waals surface area contributed by atoms with Crippen LogP contribution in [0, 0.1) is 0 Å². The Kier molecular flexibility index (Phi) is 4.80. The third-order valence-electron chi connectivity index (χ3n) is 4.45. The van der Waals surface area contributed by atoms with Gasteiger partial charge in [0.2, 0.25) is 5.88 Å². The second kappa shape index (κ2) is 6.95. The van der Waals surface area contributed by atoms with Gasteiger partial charge in [-0.1, -0.05) is 39.0 Å². The van der Waals surface area contributed by atoms with Crippen LogP contribution in [0.1, 0.15) is 32.0 Å². The first kappa shape index (κ1) is 19.3. The van der Waals surface area contributed by atoms with E-state index in [9.17, 15) is 14.7 Å². The molecule has 146 valence electrons. The van der Waals surface area contributed by atoms with Crippen molar-refractivity contribution < 1.29 is 5.11 Å². The molecule has 0 amide bonds. The van der Waals surface area contributed by atoms with Gasteiger partial charge in [0, 0.05) is 31.8 Å². The molecule has 0 aliphatic carbocycles. The van der Waals surface area contributed by atoms with Crippen LogP contribution in [-0.2, 0) is 19.5 Å². The lowest BCUT2D eigenvalue weighted by Gasteiger charge is -2.14. The fourth-order valence-electron chi connectivity index (χ4n) is 2.69. The van der Waals surface area contributed by atoms with Crippen molar-refractivity contribution in [3.8, 4) is 11.6 Å². The van der Waals surface area contributed by atoms with Gasteiger partial charge in [-0.25, -0.2) is 14.5 Å². The number of hydrogen-bond acceptors (Lipinski definition) is 5. The standard InChI is InChI=1S/C20H23N5O3/c1-20(2,3)15-11-16(25(22-15)13-9-7-6-8-10-13)21-12-14-17(26)23(4)19(28)24(5)18(14)27/h6-12,26H,1-5H3. The summed E-state index contributed by atoms with van der Waals surface area (Å²) in [5, 5.41) is 14.9. The van der Waals surface area contributed by atoms with Crippen LogP contribution in [0.2, 0.25) is 0 Å². The van der Waals surface area contributed by atoms with Gasteiger partial charge in [-0.15, -0.1) is 0 Å². The summed E-state index contributed by atoms with van der Waals surface area (Å²) in [5.74, 6) is 0.0742. The lowest BCUT2D eigenvalue weighted by molar-refractivity contribution is 0.410. The SMILES string of the molecule is Cn1c(O)c(C=Nc2cc(C(C)(C)C)nn2-c2ccccc2)c(=O)n(C)c1=O. The van der Waals surface area contributed by atoms with Crippen LogP contribution in [0.5, 0.6) is 5.88 Å². The molecule has 0 bridgehead atoms. The largest absolute Gasteiger partial charge is 0.494 e. The van der Waals surface area contributed by atoms with E-state index in [4.69, 9.17) is 0 Å². The van der Waals surface area contributed by atoms with Crippen molar-refractivity contribution >= 4 is 12.0 Å². The van der Waals surface area contributed by atoms with E-state index < -0.39 is 17.1 Å². The van der Waals surface area contributed by atoms with E-state index >= 15 is 0 Å². The normalized spacial score (nSPS) is 12.0. The minimum atomic E-state index is -0.619. The van der Waals surface area contributed by atoms with Crippen LogP contribution in [0.3, 0.4) is 0 Å². The van der Waals surface area contributed by atoms with E-state index in [-0.39, 0.29) is 11.0 Å². The Morgan fingerprint density at radius 2 is 1.71 bits per heavy atom. The smallest absolute Gasteiger partial charge is 0.333 e. The summed E-state index contributed by atoms with van der Waals surface area (Å²) in [6.07, 6.45) is 1.26. The van der Waals surface area contributed by atoms with Crippen molar-refractivity contribution in [2.75, 3.05) is 0 Å². The minimum absolute atomic E-state index is 0.0669. The summed E-state index contributed by atoms with van der Waals surface area (Å²) in [5.41, 5.74) is 0.167. The summed E-state index contributed by atoms with van der Waals surface area (Å²) in [4.78, 5) is 28.7. The Morgan fingerprint density at radius 3 is 2.32 bits per heavy atom. The van der Waals surface area contributed by atoms with Gasteiger partial charge in [-0.2, -0.15) is 5.10 Å². The molecule has 0 aliphatic rings. The van der Waals surface area contributed by atoms with E-state index in [0.29, 0.717) is 5.82 Å². The van der Waals surface area contributed by atoms with Crippen LogP contribution < -0.4 is 11.2 Å². The van der Waals surface area contributed by atoms with E-state index in [0.717, 1.165) is 20.5 Å². The summed E-state index contributed by atoms with van der Waals surface area (Å²) in [6, 6.07) is 11.4. The Bertz CT molecular complexity index is 1160. The van der Waals surface area contributed by atoms with Crippen LogP contribution in [0.15, 0.2) is 51.0 Å². The molecule has 0 aliphatic heterocycles. The highest BCUT2D eigenvalue weighted by molar-refractivity contribution is 5.83. The van der Waals surface area contributed by atoms with Gasteiger partial charge in [0.1, 0.15) is 5.56 Å². The quantitative estimate of drug-likeness (QED) is 0.702. The van der Waals surface area contributed by atoms with Crippen molar-refractivity contribution in [2.45, 2.75) is 26.2 Å². The van der Waals surface area contributed by atoms with Gasteiger partial charge >= 0.3 is 5.69 Å². The maximum atomic E-state index is 12.4. The van der Waals surface area contributed by atoms with Gasteiger partial charge in [-0.05, 0) is 12.1 Å². The zero-order valence-electron chi connectivity index (χ0n) is 16.5. The van der Waals surface area contributed by atoms with Crippen molar-refractivity contribution in [2.24, 2.45) is 19.1 Å². The molecule has 0 atom stereocenters. The summed E-state index contributed by atoms with van der Waals surface area (Å²) in [6.45, 7) is 6.14. The maximum Gasteiger partial charge on any atom is 0.333 e. The highest BCUT2D eigenvalue weighted by atomic mass is 16.3. The third kappa shape index (κ3) is 3.40. The molecule has 8 heteroatoms. The second-order valence-corrected chi connectivity index (χ2v) is 7.59. The summed E-state index contributed by atoms with van der Waals surface area (Å²) < 4.78 is 3.61. The number of benzene rings is 1. The first-order valence-electron chi connectivity index (χ1n) is 8.80. The van der Waals surface area contributed by atoms with Gasteiger partial charge in [0.15, 0.2) is 5.82 Å². The molecular formula is C20H23N5O3. The lowest BCUT2D eigenvalue weighted by atomic mass is 9.92. The summed E-state index contributed by atoms with van der Waals surface area (Å²) >= 11 is 0. The molecule has 8 nitrogen and oxygen atoms in total. The molecule has 0 fully saturated rings. The average Bonchev–Trinajstić information content (AvgIpc) is 3.10. The first-order chi connectivity index (χ1) is 13.1. The molecule has 2 heterocycles. The Hall–Kier alpha value is -3.42. The van der Waals surface area contributed by atoms with Gasteiger partial charge < -0.3 is 5.11 Å². The van der Waals surface area contributed by atoms with E-state index in [2.05, 4.69) is 10.1 Å². The Morgan fingerprint density at radius 1 is 1.07 bits per heavy atom. The molecule has 28 heavy (non-hydrogen) atoms. The number of hydrogen-bond donors (Lipinski definition) is 1. The van der Waals surface area contributed by atoms with Gasteiger partial charge in [-0.3, -0.25) is 13.9 Å². The van der Waals surface area contributed by atoms with E-state index in [1.54, 1.807) is 4.68 Å². The predicted octanol–water partition coefficient (Wildman–Crippen LogP) is 2.02.